The lowest BCUT2D eigenvalue weighted by Crippen LogP contribution is -2.45. The van der Waals surface area contributed by atoms with E-state index >= 15 is 0 Å². The van der Waals surface area contributed by atoms with Crippen LogP contribution in [-0.2, 0) is 22.9 Å². The van der Waals surface area contributed by atoms with Crippen molar-refractivity contribution < 1.29 is 13.5 Å². The smallest absolute Gasteiger partial charge is 0.209 e. The maximum Gasteiger partial charge on any atom is 0.209 e. The van der Waals surface area contributed by atoms with E-state index in [0.29, 0.717) is 18.5 Å². The number of sulfonamides is 1. The van der Waals surface area contributed by atoms with Crippen molar-refractivity contribution >= 4 is 15.6 Å². The molecular formula is C23H29N3O3S. The van der Waals surface area contributed by atoms with Crippen LogP contribution in [0.1, 0.15) is 60.8 Å². The number of nitrogens with zero attached hydrogens (tertiary/aromatic N) is 2. The molecule has 0 bridgehead atoms. The fourth-order valence-electron chi connectivity index (χ4n) is 4.39. The Bertz CT molecular complexity index is 1080. The van der Waals surface area contributed by atoms with Crippen LogP contribution in [0.5, 0.6) is 0 Å². The van der Waals surface area contributed by atoms with Gasteiger partial charge >= 0.3 is 0 Å². The van der Waals surface area contributed by atoms with Crippen molar-refractivity contribution in [1.82, 2.24) is 14.5 Å². The Hall–Kier alpha value is -2.22. The van der Waals surface area contributed by atoms with Crippen molar-refractivity contribution in [3.05, 3.63) is 71.1 Å². The molecule has 1 aromatic carbocycles. The second-order valence-electron chi connectivity index (χ2n) is 8.33. The lowest BCUT2D eigenvalue weighted by atomic mass is 9.91. The van der Waals surface area contributed by atoms with Crippen LogP contribution >= 0.6 is 0 Å². The molecule has 0 radical (unpaired) electrons. The summed E-state index contributed by atoms with van der Waals surface area (Å²) in [5.74, 6) is 0. The predicted molar refractivity (Wildman–Crippen MR) is 118 cm³/mol. The van der Waals surface area contributed by atoms with E-state index in [4.69, 9.17) is 0 Å². The first-order valence-corrected chi connectivity index (χ1v) is 12.4. The van der Waals surface area contributed by atoms with E-state index in [-0.39, 0.29) is 12.1 Å². The summed E-state index contributed by atoms with van der Waals surface area (Å²) >= 11 is 0. The maximum atomic E-state index is 12.0. The molecule has 1 aliphatic carbocycles. The lowest BCUT2D eigenvalue weighted by Gasteiger charge is -2.33. The second-order valence-corrected chi connectivity index (χ2v) is 10.1. The average Bonchev–Trinajstić information content (AvgIpc) is 3.15. The van der Waals surface area contributed by atoms with Crippen LogP contribution in [0, 0.1) is 0 Å². The molecule has 0 spiro atoms. The molecule has 0 saturated carbocycles. The van der Waals surface area contributed by atoms with Crippen molar-refractivity contribution in [3.63, 3.8) is 0 Å². The van der Waals surface area contributed by atoms with E-state index in [9.17, 15) is 13.5 Å². The van der Waals surface area contributed by atoms with Crippen molar-refractivity contribution in [1.29, 1.82) is 0 Å². The molecular weight excluding hydrogens is 398 g/mol. The van der Waals surface area contributed by atoms with Gasteiger partial charge in [0.15, 0.2) is 0 Å². The van der Waals surface area contributed by atoms with E-state index in [1.165, 1.54) is 17.4 Å². The number of rotatable bonds is 6. The minimum Gasteiger partial charge on any atom is -0.387 e. The minimum atomic E-state index is -3.35. The summed E-state index contributed by atoms with van der Waals surface area (Å²) in [4.78, 5) is 0. The van der Waals surface area contributed by atoms with Crippen LogP contribution in [0.25, 0.3) is 5.57 Å². The highest BCUT2D eigenvalue weighted by atomic mass is 32.2. The van der Waals surface area contributed by atoms with Gasteiger partial charge in [-0.1, -0.05) is 42.5 Å². The highest BCUT2D eigenvalue weighted by Crippen LogP contribution is 2.31. The molecule has 7 heteroatoms. The molecule has 4 rings (SSSR count). The van der Waals surface area contributed by atoms with Gasteiger partial charge in [0.25, 0.3) is 0 Å². The summed E-state index contributed by atoms with van der Waals surface area (Å²) in [6.45, 7) is 1.70. The van der Waals surface area contributed by atoms with Crippen molar-refractivity contribution in [3.8, 4) is 0 Å². The van der Waals surface area contributed by atoms with Crippen molar-refractivity contribution in [2.45, 2.75) is 57.2 Å². The molecule has 0 saturated heterocycles. The van der Waals surface area contributed by atoms with Gasteiger partial charge in [-0.05, 0) is 61.8 Å². The standard InChI is InChI=1S/C23H29N3O3S/c1-16(27)22-15-20-11-12-21(25-30(2,28)29)23(26(20)24-22)14-17-7-6-10-19(13-17)18-8-4-3-5-9-18/h4,6-10,13,15-16,21,23,25,27H,3,5,11-12,14H2,1-2H3. The highest BCUT2D eigenvalue weighted by Gasteiger charge is 2.33. The van der Waals surface area contributed by atoms with Gasteiger partial charge < -0.3 is 5.11 Å². The maximum absolute atomic E-state index is 12.0. The zero-order chi connectivity index (χ0) is 21.3. The Kier molecular flexibility index (Phi) is 5.95. The zero-order valence-electron chi connectivity index (χ0n) is 17.5. The third-order valence-electron chi connectivity index (χ3n) is 5.82. The van der Waals surface area contributed by atoms with Gasteiger partial charge in [-0.15, -0.1) is 0 Å². The number of fused-ring (bicyclic) bond motifs is 1. The number of nitrogens with one attached hydrogen (secondary N) is 1. The first-order valence-electron chi connectivity index (χ1n) is 10.5. The first-order chi connectivity index (χ1) is 14.3. The van der Waals surface area contributed by atoms with Gasteiger partial charge in [0.1, 0.15) is 0 Å². The molecule has 0 fully saturated rings. The second kappa shape index (κ2) is 8.49. The lowest BCUT2D eigenvalue weighted by molar-refractivity contribution is 0.191. The van der Waals surface area contributed by atoms with Gasteiger partial charge in [-0.2, -0.15) is 5.10 Å². The summed E-state index contributed by atoms with van der Waals surface area (Å²) in [6.07, 6.45) is 11.4. The summed E-state index contributed by atoms with van der Waals surface area (Å²) in [5.41, 5.74) is 5.21. The van der Waals surface area contributed by atoms with Crippen LogP contribution in [0.4, 0.5) is 0 Å². The predicted octanol–water partition coefficient (Wildman–Crippen LogP) is 3.32. The van der Waals surface area contributed by atoms with Crippen molar-refractivity contribution in [2.24, 2.45) is 0 Å². The third-order valence-corrected chi connectivity index (χ3v) is 6.55. The van der Waals surface area contributed by atoms with E-state index < -0.39 is 16.1 Å². The van der Waals surface area contributed by atoms with Gasteiger partial charge in [0, 0.05) is 11.7 Å². The number of aryl methyl sites for hydroxylation is 1. The normalized spacial score (nSPS) is 22.4. The zero-order valence-corrected chi connectivity index (χ0v) is 18.3. The molecule has 2 aliphatic rings. The van der Waals surface area contributed by atoms with Gasteiger partial charge in [0.05, 0.1) is 24.1 Å². The molecule has 1 aromatic heterocycles. The largest absolute Gasteiger partial charge is 0.387 e. The Labute approximate surface area is 178 Å². The molecule has 3 unspecified atom stereocenters. The number of aliphatic hydroxyl groups excluding tert-OH is 1. The van der Waals surface area contributed by atoms with E-state index in [0.717, 1.165) is 30.5 Å². The fraction of sp³-hybridized carbons (Fsp3) is 0.435. The highest BCUT2D eigenvalue weighted by molar-refractivity contribution is 7.88. The van der Waals surface area contributed by atoms with Crippen molar-refractivity contribution in [2.75, 3.05) is 6.26 Å². The first kappa shape index (κ1) is 21.0. The monoisotopic (exact) mass is 427 g/mol. The Morgan fingerprint density at radius 3 is 2.83 bits per heavy atom. The topological polar surface area (TPSA) is 84.2 Å². The average molecular weight is 428 g/mol. The summed E-state index contributed by atoms with van der Waals surface area (Å²) < 4.78 is 28.7. The van der Waals surface area contributed by atoms with Crippen LogP contribution in [0.3, 0.4) is 0 Å². The number of benzene rings is 1. The van der Waals surface area contributed by atoms with Gasteiger partial charge in [-0.3, -0.25) is 4.68 Å². The molecule has 0 amide bonds. The quantitative estimate of drug-likeness (QED) is 0.741. The molecule has 160 valence electrons. The van der Waals surface area contributed by atoms with Crippen LogP contribution in [0.15, 0.2) is 48.6 Å². The van der Waals surface area contributed by atoms with E-state index in [1.807, 2.05) is 10.7 Å². The SMILES string of the molecule is CC(O)c1cc2n(n1)C(Cc1cccc(C3=CCCC=C3)c1)C(NS(C)(=O)=O)CC2. The number of allylic oxidation sites excluding steroid dienone is 4. The van der Waals surface area contributed by atoms with Crippen LogP contribution in [-0.4, -0.2) is 35.6 Å². The summed E-state index contributed by atoms with van der Waals surface area (Å²) in [7, 11) is -3.35. The Morgan fingerprint density at radius 1 is 1.30 bits per heavy atom. The Morgan fingerprint density at radius 2 is 2.13 bits per heavy atom. The summed E-state index contributed by atoms with van der Waals surface area (Å²) in [5, 5.41) is 14.6. The molecule has 2 heterocycles. The molecule has 6 nitrogen and oxygen atoms in total. The molecule has 2 aromatic rings. The Balaban J connectivity index is 1.67. The molecule has 30 heavy (non-hydrogen) atoms. The number of hydrogen-bond acceptors (Lipinski definition) is 4. The van der Waals surface area contributed by atoms with Crippen LogP contribution < -0.4 is 4.72 Å². The number of aliphatic hydroxyl groups is 1. The number of hydrogen-bond donors (Lipinski definition) is 2. The third kappa shape index (κ3) is 4.74. The minimum absolute atomic E-state index is 0.151. The number of aromatic nitrogens is 2. The molecule has 2 N–H and O–H groups in total. The van der Waals surface area contributed by atoms with E-state index in [1.54, 1.807) is 6.92 Å². The fourth-order valence-corrected chi connectivity index (χ4v) is 5.21. The molecule has 1 aliphatic heterocycles. The van der Waals surface area contributed by atoms with Gasteiger partial charge in [0.2, 0.25) is 10.0 Å². The molecule has 3 atom stereocenters. The van der Waals surface area contributed by atoms with Crippen LogP contribution in [0.2, 0.25) is 0 Å². The van der Waals surface area contributed by atoms with Gasteiger partial charge in [-0.25, -0.2) is 13.1 Å². The summed E-state index contributed by atoms with van der Waals surface area (Å²) in [6, 6.07) is 9.98. The van der Waals surface area contributed by atoms with E-state index in [2.05, 4.69) is 52.3 Å².